The minimum atomic E-state index is 0.101. The fraction of sp³-hybridized carbons (Fsp3) is 0.417. The molecule has 0 bridgehead atoms. The van der Waals surface area contributed by atoms with Crippen LogP contribution in [-0.4, -0.2) is 12.6 Å². The zero-order chi connectivity index (χ0) is 10.3. The fourth-order valence-corrected chi connectivity index (χ4v) is 2.00. The van der Waals surface area contributed by atoms with E-state index in [4.69, 9.17) is 10.5 Å². The number of nitrogens with two attached hydrogens (primary N) is 1. The van der Waals surface area contributed by atoms with Crippen LogP contribution in [0.4, 0.5) is 0 Å². The number of nitrogens with zero attached hydrogens (tertiary/aromatic N) is 1. The smallest absolute Gasteiger partial charge is 0.282 e. The Balaban J connectivity index is 1.88. The number of ether oxygens (including phenoxy) is 1. The van der Waals surface area contributed by atoms with Gasteiger partial charge in [0, 0.05) is 0 Å². The van der Waals surface area contributed by atoms with E-state index in [-0.39, 0.29) is 6.04 Å². The lowest BCUT2D eigenvalue weighted by Gasteiger charge is -2.07. The average molecular weight is 202 g/mol. The van der Waals surface area contributed by atoms with Crippen molar-refractivity contribution in [2.75, 3.05) is 6.61 Å². The van der Waals surface area contributed by atoms with E-state index in [0.29, 0.717) is 12.6 Å². The summed E-state index contributed by atoms with van der Waals surface area (Å²) < 4.78 is 5.16. The van der Waals surface area contributed by atoms with Crippen molar-refractivity contribution in [3.8, 4) is 0 Å². The predicted octanol–water partition coefficient (Wildman–Crippen LogP) is 1.95. The van der Waals surface area contributed by atoms with Crippen molar-refractivity contribution in [1.29, 1.82) is 0 Å². The minimum Gasteiger partial charge on any atom is -0.463 e. The molecule has 2 aliphatic rings. The van der Waals surface area contributed by atoms with Crippen LogP contribution >= 0.6 is 0 Å². The molecule has 0 radical (unpaired) electrons. The zero-order valence-corrected chi connectivity index (χ0v) is 8.52. The van der Waals surface area contributed by atoms with Crippen LogP contribution in [0.15, 0.2) is 29.3 Å². The summed E-state index contributed by atoms with van der Waals surface area (Å²) in [5.41, 5.74) is 8.16. The highest BCUT2D eigenvalue weighted by molar-refractivity contribution is 5.73. The summed E-state index contributed by atoms with van der Waals surface area (Å²) in [7, 11) is 0. The lowest BCUT2D eigenvalue weighted by Crippen LogP contribution is -2.10. The molecular weight excluding hydrogens is 188 g/mol. The van der Waals surface area contributed by atoms with E-state index in [1.807, 2.05) is 0 Å². The largest absolute Gasteiger partial charge is 0.463 e. The molecule has 3 heteroatoms. The normalized spacial score (nSPS) is 24.8. The van der Waals surface area contributed by atoms with Crippen LogP contribution in [0.2, 0.25) is 0 Å². The highest BCUT2D eigenvalue weighted by Crippen LogP contribution is 2.40. The Bertz CT molecular complexity index is 410. The Labute approximate surface area is 89.0 Å². The van der Waals surface area contributed by atoms with Gasteiger partial charge in [-0.3, -0.25) is 0 Å². The number of rotatable bonds is 2. The van der Waals surface area contributed by atoms with Crippen LogP contribution in [0.3, 0.4) is 0 Å². The van der Waals surface area contributed by atoms with Gasteiger partial charge < -0.3 is 10.5 Å². The highest BCUT2D eigenvalue weighted by atomic mass is 16.5. The van der Waals surface area contributed by atoms with Crippen molar-refractivity contribution in [3.63, 3.8) is 0 Å². The molecule has 1 aliphatic heterocycles. The van der Waals surface area contributed by atoms with Gasteiger partial charge in [0.2, 0.25) is 0 Å². The zero-order valence-electron chi connectivity index (χ0n) is 8.52. The highest BCUT2D eigenvalue weighted by Gasteiger charge is 2.25. The quantitative estimate of drug-likeness (QED) is 0.796. The van der Waals surface area contributed by atoms with E-state index in [1.54, 1.807) is 0 Å². The van der Waals surface area contributed by atoms with Crippen molar-refractivity contribution in [3.05, 3.63) is 35.4 Å². The fourth-order valence-electron chi connectivity index (χ4n) is 2.00. The summed E-state index contributed by atoms with van der Waals surface area (Å²) in [6.07, 6.45) is 2.66. The lowest BCUT2D eigenvalue weighted by atomic mass is 10.0. The van der Waals surface area contributed by atoms with Crippen LogP contribution in [0, 0.1) is 0 Å². The molecule has 1 unspecified atom stereocenters. The van der Waals surface area contributed by atoms with Gasteiger partial charge in [0.1, 0.15) is 12.6 Å². The monoisotopic (exact) mass is 202 g/mol. The molecule has 1 fully saturated rings. The van der Waals surface area contributed by atoms with Gasteiger partial charge >= 0.3 is 0 Å². The Hall–Kier alpha value is -1.51. The first kappa shape index (κ1) is 8.77. The van der Waals surface area contributed by atoms with Gasteiger partial charge in [-0.05, 0) is 29.9 Å². The van der Waals surface area contributed by atoms with Gasteiger partial charge in [-0.1, -0.05) is 24.3 Å². The Kier molecular flexibility index (Phi) is 1.91. The van der Waals surface area contributed by atoms with E-state index < -0.39 is 0 Å². The van der Waals surface area contributed by atoms with E-state index in [2.05, 4.69) is 29.3 Å². The summed E-state index contributed by atoms with van der Waals surface area (Å²) in [6.45, 7) is 0.583. The summed E-state index contributed by atoms with van der Waals surface area (Å²) in [6, 6.07) is 9.06. The topological polar surface area (TPSA) is 47.6 Å². The molecule has 0 spiro atoms. The number of aliphatic imine (C=N–C) groups is 1. The van der Waals surface area contributed by atoms with E-state index in [1.165, 1.54) is 24.0 Å². The molecule has 1 saturated carbocycles. The molecule has 1 aromatic carbocycles. The third-order valence-corrected chi connectivity index (χ3v) is 3.02. The van der Waals surface area contributed by atoms with Gasteiger partial charge in [-0.25, -0.2) is 4.99 Å². The second kappa shape index (κ2) is 3.26. The van der Waals surface area contributed by atoms with Crippen LogP contribution < -0.4 is 5.73 Å². The molecular formula is C12H14N2O. The minimum absolute atomic E-state index is 0.101. The average Bonchev–Trinajstić information content (AvgIpc) is 3.02. The van der Waals surface area contributed by atoms with Crippen molar-refractivity contribution in [2.45, 2.75) is 24.8 Å². The number of benzene rings is 1. The molecule has 3 rings (SSSR count). The second-order valence-corrected chi connectivity index (χ2v) is 4.24. The van der Waals surface area contributed by atoms with Gasteiger partial charge in [-0.2, -0.15) is 0 Å². The van der Waals surface area contributed by atoms with Crippen molar-refractivity contribution in [1.82, 2.24) is 0 Å². The van der Waals surface area contributed by atoms with Gasteiger partial charge in [0.05, 0.1) is 0 Å². The first-order chi connectivity index (χ1) is 7.33. The Morgan fingerprint density at radius 1 is 1.27 bits per heavy atom. The summed E-state index contributed by atoms with van der Waals surface area (Å²) in [4.78, 5) is 4.25. The summed E-state index contributed by atoms with van der Waals surface area (Å²) >= 11 is 0. The maximum absolute atomic E-state index is 5.50. The van der Waals surface area contributed by atoms with Crippen molar-refractivity contribution < 1.29 is 4.74 Å². The molecule has 78 valence electrons. The maximum atomic E-state index is 5.50. The third kappa shape index (κ3) is 1.69. The Morgan fingerprint density at radius 2 is 2.07 bits per heavy atom. The van der Waals surface area contributed by atoms with Crippen LogP contribution in [-0.2, 0) is 4.74 Å². The molecule has 1 atom stereocenters. The van der Waals surface area contributed by atoms with Gasteiger partial charge in [0.25, 0.3) is 6.02 Å². The first-order valence-corrected chi connectivity index (χ1v) is 5.39. The van der Waals surface area contributed by atoms with E-state index >= 15 is 0 Å². The molecule has 0 amide bonds. The maximum Gasteiger partial charge on any atom is 0.282 e. The summed E-state index contributed by atoms with van der Waals surface area (Å²) in [5.74, 6) is 0.786. The van der Waals surface area contributed by atoms with Crippen molar-refractivity contribution >= 4 is 6.02 Å². The molecule has 2 N–H and O–H groups in total. The van der Waals surface area contributed by atoms with Gasteiger partial charge in [-0.15, -0.1) is 0 Å². The molecule has 1 aliphatic carbocycles. The number of hydrogen-bond donors (Lipinski definition) is 1. The molecule has 3 nitrogen and oxygen atoms in total. The van der Waals surface area contributed by atoms with Crippen LogP contribution in [0.25, 0.3) is 0 Å². The third-order valence-electron chi connectivity index (χ3n) is 3.02. The Morgan fingerprint density at radius 3 is 2.73 bits per heavy atom. The standard InChI is InChI=1S/C12H14N2O/c13-12-14-11(7-15-12)10-3-1-2-9(6-10)8-4-5-8/h1-3,6,8,11H,4-5,7H2,(H2,13,14). The molecule has 1 aromatic rings. The first-order valence-electron chi connectivity index (χ1n) is 5.39. The second-order valence-electron chi connectivity index (χ2n) is 4.24. The molecule has 0 saturated heterocycles. The SMILES string of the molecule is NC1=NC(c2cccc(C3CC3)c2)CO1. The number of hydrogen-bond acceptors (Lipinski definition) is 3. The van der Waals surface area contributed by atoms with Gasteiger partial charge in [0.15, 0.2) is 0 Å². The van der Waals surface area contributed by atoms with E-state index in [9.17, 15) is 0 Å². The van der Waals surface area contributed by atoms with E-state index in [0.717, 1.165) is 5.92 Å². The van der Waals surface area contributed by atoms with Crippen molar-refractivity contribution in [2.24, 2.45) is 10.7 Å². The lowest BCUT2D eigenvalue weighted by molar-refractivity contribution is 0.315. The number of amidine groups is 1. The molecule has 15 heavy (non-hydrogen) atoms. The van der Waals surface area contributed by atoms with Crippen LogP contribution in [0.1, 0.15) is 35.9 Å². The molecule has 0 aromatic heterocycles. The predicted molar refractivity (Wildman–Crippen MR) is 58.7 cm³/mol. The summed E-state index contributed by atoms with van der Waals surface area (Å²) in [5, 5.41) is 0. The molecule has 1 heterocycles. The van der Waals surface area contributed by atoms with Crippen LogP contribution in [0.5, 0.6) is 0 Å².